The van der Waals surface area contributed by atoms with Gasteiger partial charge in [-0.25, -0.2) is 9.37 Å². The average molecular weight is 271 g/mol. The Bertz CT molecular complexity index is 429. The average Bonchev–Trinajstić information content (AvgIpc) is 2.43. The Morgan fingerprint density at radius 1 is 1.53 bits per heavy atom. The maximum absolute atomic E-state index is 13.1. The van der Waals surface area contributed by atoms with Gasteiger partial charge in [0.15, 0.2) is 0 Å². The Balaban J connectivity index is 2.69. The number of ether oxygens (including phenoxy) is 2. The molecule has 106 valence electrons. The highest BCUT2D eigenvalue weighted by atomic mass is 19.1. The Kier molecular flexibility index (Phi) is 6.17. The van der Waals surface area contributed by atoms with Crippen LogP contribution in [0.15, 0.2) is 12.3 Å². The lowest BCUT2D eigenvalue weighted by atomic mass is 10.2. The van der Waals surface area contributed by atoms with E-state index in [1.165, 1.54) is 7.11 Å². The van der Waals surface area contributed by atoms with Crippen LogP contribution in [0, 0.1) is 5.82 Å². The minimum absolute atomic E-state index is 0.148. The Morgan fingerprint density at radius 3 is 2.84 bits per heavy atom. The first-order valence-electron chi connectivity index (χ1n) is 5.75. The predicted molar refractivity (Wildman–Crippen MR) is 68.7 cm³/mol. The molecule has 0 aliphatic rings. The van der Waals surface area contributed by atoms with Crippen molar-refractivity contribution in [2.75, 3.05) is 39.7 Å². The number of hydrogen-bond acceptors (Lipinski definition) is 5. The third-order valence-electron chi connectivity index (χ3n) is 2.51. The number of nitrogens with zero attached hydrogens (tertiary/aromatic N) is 1. The Labute approximate surface area is 111 Å². The molecule has 0 radical (unpaired) electrons. The van der Waals surface area contributed by atoms with Crippen LogP contribution in [0.5, 0.6) is 0 Å². The van der Waals surface area contributed by atoms with Crippen molar-refractivity contribution in [3.63, 3.8) is 0 Å². The van der Waals surface area contributed by atoms with Crippen molar-refractivity contribution >= 4 is 11.7 Å². The predicted octanol–water partition coefficient (Wildman–Crippen LogP) is 0.654. The van der Waals surface area contributed by atoms with Gasteiger partial charge < -0.3 is 20.1 Å². The summed E-state index contributed by atoms with van der Waals surface area (Å²) in [5.74, 6) is -0.668. The van der Waals surface area contributed by atoms with Gasteiger partial charge in [0.25, 0.3) is 5.91 Å². The highest BCUT2D eigenvalue weighted by molar-refractivity contribution is 5.98. The van der Waals surface area contributed by atoms with Gasteiger partial charge in [0.05, 0.1) is 24.5 Å². The van der Waals surface area contributed by atoms with Crippen LogP contribution in [0.25, 0.3) is 0 Å². The van der Waals surface area contributed by atoms with Crippen LogP contribution in [0.1, 0.15) is 10.4 Å². The molecular weight excluding hydrogens is 253 g/mol. The van der Waals surface area contributed by atoms with E-state index >= 15 is 0 Å². The zero-order chi connectivity index (χ0) is 14.3. The van der Waals surface area contributed by atoms with Crippen molar-refractivity contribution in [3.8, 4) is 0 Å². The van der Waals surface area contributed by atoms with E-state index in [2.05, 4.69) is 15.6 Å². The third kappa shape index (κ3) is 4.46. The Morgan fingerprint density at radius 2 is 2.26 bits per heavy atom. The third-order valence-corrected chi connectivity index (χ3v) is 2.51. The summed E-state index contributed by atoms with van der Waals surface area (Å²) in [5.41, 5.74) is 0.148. The molecule has 6 nitrogen and oxygen atoms in total. The van der Waals surface area contributed by atoms with Crippen molar-refractivity contribution in [3.05, 3.63) is 23.6 Å². The second-order valence-corrected chi connectivity index (χ2v) is 3.82. The summed E-state index contributed by atoms with van der Waals surface area (Å²) in [4.78, 5) is 15.7. The largest absolute Gasteiger partial charge is 0.382 e. The monoisotopic (exact) mass is 271 g/mol. The first-order valence-corrected chi connectivity index (χ1v) is 5.75. The fraction of sp³-hybridized carbons (Fsp3) is 0.500. The van der Waals surface area contributed by atoms with Crippen LogP contribution in [0.4, 0.5) is 10.2 Å². The zero-order valence-corrected chi connectivity index (χ0v) is 11.2. The van der Waals surface area contributed by atoms with Gasteiger partial charge in [-0.15, -0.1) is 0 Å². The van der Waals surface area contributed by atoms with E-state index in [1.807, 2.05) is 0 Å². The van der Waals surface area contributed by atoms with E-state index in [0.717, 1.165) is 12.3 Å². The minimum atomic E-state index is -0.565. The molecule has 1 rings (SSSR count). The van der Waals surface area contributed by atoms with Crippen molar-refractivity contribution in [2.24, 2.45) is 0 Å². The molecule has 2 N–H and O–H groups in total. The second kappa shape index (κ2) is 7.65. The number of carbonyl (C=O) groups excluding carboxylic acids is 1. The lowest BCUT2D eigenvalue weighted by Crippen LogP contribution is -2.36. The SMILES string of the molecule is CNc1ncc(F)cc1C(=O)NCC(COC)OC. The molecule has 1 aromatic rings. The fourth-order valence-corrected chi connectivity index (χ4v) is 1.51. The second-order valence-electron chi connectivity index (χ2n) is 3.82. The highest BCUT2D eigenvalue weighted by Gasteiger charge is 2.15. The summed E-state index contributed by atoms with van der Waals surface area (Å²) in [7, 11) is 4.68. The van der Waals surface area contributed by atoms with E-state index in [0.29, 0.717) is 12.4 Å². The van der Waals surface area contributed by atoms with E-state index in [9.17, 15) is 9.18 Å². The van der Waals surface area contributed by atoms with Crippen molar-refractivity contribution in [1.29, 1.82) is 0 Å². The zero-order valence-electron chi connectivity index (χ0n) is 11.2. The first kappa shape index (κ1) is 15.3. The number of aromatic nitrogens is 1. The summed E-state index contributed by atoms with van der Waals surface area (Å²) < 4.78 is 23.2. The van der Waals surface area contributed by atoms with Gasteiger partial charge in [0, 0.05) is 27.8 Å². The van der Waals surface area contributed by atoms with Crippen LogP contribution in [0.3, 0.4) is 0 Å². The van der Waals surface area contributed by atoms with Crippen molar-refractivity contribution in [1.82, 2.24) is 10.3 Å². The molecule has 1 heterocycles. The van der Waals surface area contributed by atoms with Crippen LogP contribution in [-0.4, -0.2) is 51.4 Å². The van der Waals surface area contributed by atoms with Crippen molar-refractivity contribution in [2.45, 2.75) is 6.10 Å². The van der Waals surface area contributed by atoms with Crippen LogP contribution >= 0.6 is 0 Å². The summed E-state index contributed by atoms with van der Waals surface area (Å²) in [6.45, 7) is 0.625. The molecule has 0 saturated carbocycles. The highest BCUT2D eigenvalue weighted by Crippen LogP contribution is 2.12. The van der Waals surface area contributed by atoms with E-state index < -0.39 is 11.7 Å². The molecule has 0 aliphatic carbocycles. The maximum atomic E-state index is 13.1. The normalized spacial score (nSPS) is 12.0. The molecule has 1 atom stereocenters. The number of anilines is 1. The molecule has 0 aromatic carbocycles. The topological polar surface area (TPSA) is 72.5 Å². The van der Waals surface area contributed by atoms with E-state index in [4.69, 9.17) is 9.47 Å². The lowest BCUT2D eigenvalue weighted by Gasteiger charge is -2.15. The summed E-state index contributed by atoms with van der Waals surface area (Å²) >= 11 is 0. The van der Waals surface area contributed by atoms with Gasteiger partial charge in [0.1, 0.15) is 11.6 Å². The molecule has 0 aliphatic heterocycles. The maximum Gasteiger partial charge on any atom is 0.255 e. The number of halogens is 1. The first-order chi connectivity index (χ1) is 9.12. The van der Waals surface area contributed by atoms with E-state index in [-0.39, 0.29) is 18.2 Å². The molecule has 0 spiro atoms. The van der Waals surface area contributed by atoms with Crippen molar-refractivity contribution < 1.29 is 18.7 Å². The number of rotatable bonds is 7. The summed E-state index contributed by atoms with van der Waals surface area (Å²) in [6.07, 6.45) is 0.791. The van der Waals surface area contributed by atoms with Crippen LogP contribution < -0.4 is 10.6 Å². The Hall–Kier alpha value is -1.73. The number of amides is 1. The smallest absolute Gasteiger partial charge is 0.255 e. The van der Waals surface area contributed by atoms with Gasteiger partial charge in [-0.3, -0.25) is 4.79 Å². The molecule has 0 bridgehead atoms. The molecule has 0 saturated heterocycles. The molecule has 1 amide bonds. The molecule has 1 unspecified atom stereocenters. The summed E-state index contributed by atoms with van der Waals surface area (Å²) in [6, 6.07) is 1.13. The molecular formula is C12H18FN3O3. The number of nitrogens with one attached hydrogen (secondary N) is 2. The molecule has 19 heavy (non-hydrogen) atoms. The van der Waals surface area contributed by atoms with Gasteiger partial charge >= 0.3 is 0 Å². The van der Waals surface area contributed by atoms with Gasteiger partial charge in [-0.05, 0) is 6.07 Å². The van der Waals surface area contributed by atoms with Gasteiger partial charge in [-0.1, -0.05) is 0 Å². The van der Waals surface area contributed by atoms with Crippen LogP contribution in [-0.2, 0) is 9.47 Å². The number of carbonyl (C=O) groups is 1. The number of methoxy groups -OCH3 is 2. The quantitative estimate of drug-likeness (QED) is 0.762. The molecule has 1 aromatic heterocycles. The van der Waals surface area contributed by atoms with Crippen LogP contribution in [0.2, 0.25) is 0 Å². The molecule has 7 heteroatoms. The van der Waals surface area contributed by atoms with Gasteiger partial charge in [-0.2, -0.15) is 0 Å². The lowest BCUT2D eigenvalue weighted by molar-refractivity contribution is 0.0285. The molecule has 0 fully saturated rings. The minimum Gasteiger partial charge on any atom is -0.382 e. The summed E-state index contributed by atoms with van der Waals surface area (Å²) in [5, 5.41) is 5.38. The fourth-order valence-electron chi connectivity index (χ4n) is 1.51. The van der Waals surface area contributed by atoms with Gasteiger partial charge in [0.2, 0.25) is 0 Å². The number of hydrogen-bond donors (Lipinski definition) is 2. The standard InChI is InChI=1S/C12H18FN3O3/c1-14-11-10(4-8(13)5-15-11)12(17)16-6-9(19-3)7-18-2/h4-5,9H,6-7H2,1-3H3,(H,14,15)(H,16,17). The number of pyridine rings is 1. The van der Waals surface area contributed by atoms with E-state index in [1.54, 1.807) is 14.2 Å².